The summed E-state index contributed by atoms with van der Waals surface area (Å²) in [6, 6.07) is 8.14. The van der Waals surface area contributed by atoms with Crippen LogP contribution in [-0.2, 0) is 12.3 Å². The first-order valence-electron chi connectivity index (χ1n) is 6.95. The van der Waals surface area contributed by atoms with Gasteiger partial charge < -0.3 is 0 Å². The molecule has 8 heteroatoms. The van der Waals surface area contributed by atoms with Crippen LogP contribution >= 0.6 is 27.7 Å². The van der Waals surface area contributed by atoms with Crippen molar-refractivity contribution in [1.82, 2.24) is 29.8 Å². The Morgan fingerprint density at radius 3 is 2.82 bits per heavy atom. The Bertz CT molecular complexity index is 736. The molecular weight excluding hydrogens is 364 g/mol. The molecule has 22 heavy (non-hydrogen) atoms. The lowest BCUT2D eigenvalue weighted by atomic mass is 10.3. The molecule has 0 unspecified atom stereocenters. The fraction of sp³-hybridized carbons (Fsp3) is 0.286. The summed E-state index contributed by atoms with van der Waals surface area (Å²) in [5, 5.41) is 12.8. The maximum Gasteiger partial charge on any atom is 0.173 e. The minimum Gasteiger partial charge on any atom is -0.295 e. The van der Waals surface area contributed by atoms with Crippen LogP contribution < -0.4 is 0 Å². The van der Waals surface area contributed by atoms with E-state index < -0.39 is 0 Å². The van der Waals surface area contributed by atoms with Gasteiger partial charge in [-0.25, -0.2) is 9.67 Å². The summed E-state index contributed by atoms with van der Waals surface area (Å²) >= 11 is 5.08. The number of aromatic nitrogens is 6. The predicted octanol–water partition coefficient (Wildman–Crippen LogP) is 3.32. The van der Waals surface area contributed by atoms with Crippen molar-refractivity contribution in [1.29, 1.82) is 0 Å². The van der Waals surface area contributed by atoms with Crippen LogP contribution in [0.25, 0.3) is 5.69 Å². The first-order chi connectivity index (χ1) is 10.8. The molecule has 0 atom stereocenters. The molecule has 114 valence electrons. The van der Waals surface area contributed by atoms with Gasteiger partial charge in [-0.3, -0.25) is 4.57 Å². The van der Waals surface area contributed by atoms with Crippen LogP contribution in [0.2, 0.25) is 0 Å². The molecule has 0 saturated heterocycles. The summed E-state index contributed by atoms with van der Waals surface area (Å²) in [7, 11) is 0. The number of imidazole rings is 1. The van der Waals surface area contributed by atoms with Gasteiger partial charge in [-0.15, -0.1) is 5.10 Å². The van der Waals surface area contributed by atoms with Crippen molar-refractivity contribution in [3.63, 3.8) is 0 Å². The normalized spacial score (nSPS) is 11.0. The average molecular weight is 379 g/mol. The van der Waals surface area contributed by atoms with Crippen molar-refractivity contribution in [3.05, 3.63) is 47.0 Å². The second-order valence-electron chi connectivity index (χ2n) is 4.66. The van der Waals surface area contributed by atoms with Gasteiger partial charge >= 0.3 is 0 Å². The quantitative estimate of drug-likeness (QED) is 0.615. The molecule has 0 bridgehead atoms. The van der Waals surface area contributed by atoms with Gasteiger partial charge in [0.2, 0.25) is 0 Å². The van der Waals surface area contributed by atoms with Crippen LogP contribution in [0.5, 0.6) is 0 Å². The molecule has 0 N–H and O–H groups in total. The highest BCUT2D eigenvalue weighted by molar-refractivity contribution is 9.10. The number of tetrazole rings is 1. The standard InChI is InChI=1S/C14H15BrN6S/c1-2-8-21-13(17-18-19-21)10-22-14-16-7-9-20(14)12-5-3-11(15)4-6-12/h3-7,9H,2,8,10H2,1H3. The fourth-order valence-electron chi connectivity index (χ4n) is 2.04. The molecule has 2 heterocycles. The van der Waals surface area contributed by atoms with E-state index in [9.17, 15) is 0 Å². The highest BCUT2D eigenvalue weighted by Gasteiger charge is 2.10. The molecule has 0 radical (unpaired) electrons. The van der Waals surface area contributed by atoms with Gasteiger partial charge in [0.25, 0.3) is 0 Å². The molecule has 0 aliphatic heterocycles. The lowest BCUT2D eigenvalue weighted by molar-refractivity contribution is 0.564. The van der Waals surface area contributed by atoms with Crippen molar-refractivity contribution in [3.8, 4) is 5.69 Å². The van der Waals surface area contributed by atoms with Gasteiger partial charge in [0, 0.05) is 29.1 Å². The van der Waals surface area contributed by atoms with Gasteiger partial charge in [0.15, 0.2) is 11.0 Å². The minimum absolute atomic E-state index is 0.695. The summed E-state index contributed by atoms with van der Waals surface area (Å²) in [6.45, 7) is 2.95. The van der Waals surface area contributed by atoms with Crippen molar-refractivity contribution in [2.24, 2.45) is 0 Å². The van der Waals surface area contributed by atoms with E-state index in [2.05, 4.69) is 60.1 Å². The second-order valence-corrected chi connectivity index (χ2v) is 6.52. The number of halogens is 1. The Morgan fingerprint density at radius 1 is 1.23 bits per heavy atom. The first kappa shape index (κ1) is 15.2. The van der Waals surface area contributed by atoms with Crippen molar-refractivity contribution < 1.29 is 0 Å². The molecule has 3 aromatic rings. The lowest BCUT2D eigenvalue weighted by Gasteiger charge is -2.07. The molecular formula is C14H15BrN6S. The minimum atomic E-state index is 0.695. The van der Waals surface area contributed by atoms with E-state index in [4.69, 9.17) is 0 Å². The summed E-state index contributed by atoms with van der Waals surface area (Å²) in [6.07, 6.45) is 4.77. The molecule has 0 amide bonds. The van der Waals surface area contributed by atoms with E-state index in [0.717, 1.165) is 34.1 Å². The predicted molar refractivity (Wildman–Crippen MR) is 88.9 cm³/mol. The number of nitrogens with zero attached hydrogens (tertiary/aromatic N) is 6. The average Bonchev–Trinajstić information content (AvgIpc) is 3.15. The van der Waals surface area contributed by atoms with E-state index in [-0.39, 0.29) is 0 Å². The maximum absolute atomic E-state index is 4.43. The van der Waals surface area contributed by atoms with E-state index >= 15 is 0 Å². The van der Waals surface area contributed by atoms with Gasteiger partial charge in [0.05, 0.1) is 5.75 Å². The third-order valence-electron chi connectivity index (χ3n) is 3.08. The van der Waals surface area contributed by atoms with E-state index in [0.29, 0.717) is 5.75 Å². The molecule has 0 spiro atoms. The summed E-state index contributed by atoms with van der Waals surface area (Å²) in [5.41, 5.74) is 1.08. The van der Waals surface area contributed by atoms with Crippen LogP contribution in [0.3, 0.4) is 0 Å². The Balaban J connectivity index is 1.75. The Labute approximate surface area is 141 Å². The Morgan fingerprint density at radius 2 is 2.05 bits per heavy atom. The van der Waals surface area contributed by atoms with E-state index in [1.807, 2.05) is 23.0 Å². The SMILES string of the molecule is CCCn1nnnc1CSc1nccn1-c1ccc(Br)cc1. The molecule has 0 aliphatic rings. The van der Waals surface area contributed by atoms with Gasteiger partial charge in [-0.05, 0) is 41.1 Å². The van der Waals surface area contributed by atoms with Crippen LogP contribution in [0.1, 0.15) is 19.2 Å². The molecule has 0 aliphatic carbocycles. The van der Waals surface area contributed by atoms with Gasteiger partial charge in [0.1, 0.15) is 0 Å². The smallest absolute Gasteiger partial charge is 0.173 e. The Hall–Kier alpha value is -1.67. The largest absolute Gasteiger partial charge is 0.295 e. The zero-order chi connectivity index (χ0) is 15.4. The Kier molecular flexibility index (Phi) is 4.89. The van der Waals surface area contributed by atoms with Gasteiger partial charge in [-0.2, -0.15) is 0 Å². The highest BCUT2D eigenvalue weighted by Crippen LogP contribution is 2.24. The number of aryl methyl sites for hydroxylation is 1. The second kappa shape index (κ2) is 7.06. The third kappa shape index (κ3) is 3.38. The topological polar surface area (TPSA) is 61.4 Å². The van der Waals surface area contributed by atoms with Crippen LogP contribution in [0.15, 0.2) is 46.3 Å². The molecule has 0 saturated carbocycles. The van der Waals surface area contributed by atoms with Crippen LogP contribution in [0.4, 0.5) is 0 Å². The molecule has 1 aromatic carbocycles. The number of rotatable bonds is 6. The van der Waals surface area contributed by atoms with E-state index in [1.165, 1.54) is 0 Å². The summed E-state index contributed by atoms with van der Waals surface area (Å²) in [5.74, 6) is 1.57. The molecule has 0 fully saturated rings. The summed E-state index contributed by atoms with van der Waals surface area (Å²) in [4.78, 5) is 4.43. The number of benzene rings is 1. The number of hydrogen-bond donors (Lipinski definition) is 0. The maximum atomic E-state index is 4.43. The fourth-order valence-corrected chi connectivity index (χ4v) is 3.21. The zero-order valence-corrected chi connectivity index (χ0v) is 14.5. The van der Waals surface area contributed by atoms with Crippen molar-refractivity contribution >= 4 is 27.7 Å². The van der Waals surface area contributed by atoms with Crippen molar-refractivity contribution in [2.45, 2.75) is 30.8 Å². The zero-order valence-electron chi connectivity index (χ0n) is 12.1. The molecule has 3 rings (SSSR count). The third-order valence-corrected chi connectivity index (χ3v) is 4.57. The monoisotopic (exact) mass is 378 g/mol. The molecule has 6 nitrogen and oxygen atoms in total. The lowest BCUT2D eigenvalue weighted by Crippen LogP contribution is -2.04. The van der Waals surface area contributed by atoms with Gasteiger partial charge in [-0.1, -0.05) is 34.6 Å². The van der Waals surface area contributed by atoms with E-state index in [1.54, 1.807) is 18.0 Å². The highest BCUT2D eigenvalue weighted by atomic mass is 79.9. The molecule has 2 aromatic heterocycles. The number of thioether (sulfide) groups is 1. The summed E-state index contributed by atoms with van der Waals surface area (Å²) < 4.78 is 4.97. The van der Waals surface area contributed by atoms with Crippen molar-refractivity contribution in [2.75, 3.05) is 0 Å². The number of hydrogen-bond acceptors (Lipinski definition) is 5. The van der Waals surface area contributed by atoms with Crippen LogP contribution in [0, 0.1) is 0 Å². The van der Waals surface area contributed by atoms with Crippen LogP contribution in [-0.4, -0.2) is 29.8 Å². The first-order valence-corrected chi connectivity index (χ1v) is 8.73.